The molecule has 0 bridgehead atoms. The highest BCUT2D eigenvalue weighted by atomic mass is 16.5. The fourth-order valence-corrected chi connectivity index (χ4v) is 0.961. The van der Waals surface area contributed by atoms with Crippen molar-refractivity contribution >= 4 is 5.97 Å². The van der Waals surface area contributed by atoms with Gasteiger partial charge in [-0.15, -0.1) is 0 Å². The van der Waals surface area contributed by atoms with Gasteiger partial charge in [0.25, 0.3) is 0 Å². The number of hydrogen-bond acceptors (Lipinski definition) is 4. The minimum Gasteiger partial charge on any atom is -0.507 e. The first-order valence-electron chi connectivity index (χ1n) is 6.36. The number of allylic oxidation sites excluding steroid dienone is 11. The third kappa shape index (κ3) is 13.6. The normalized spacial score (nSPS) is 13.9. The van der Waals surface area contributed by atoms with E-state index in [0.717, 1.165) is 6.26 Å². The predicted octanol–water partition coefficient (Wildman–Crippen LogP) is 3.28. The van der Waals surface area contributed by atoms with E-state index in [2.05, 4.69) is 4.74 Å². The molecule has 4 nitrogen and oxygen atoms in total. The minimum absolute atomic E-state index is 0.412. The zero-order valence-corrected chi connectivity index (χ0v) is 11.9. The molecule has 0 aromatic rings. The Labute approximate surface area is 125 Å². The molecule has 0 atom stereocenters. The second-order valence-corrected chi connectivity index (χ2v) is 3.63. The molecular formula is C17H20O4. The Bertz CT molecular complexity index is 489. The predicted molar refractivity (Wildman–Crippen MR) is 84.4 cm³/mol. The summed E-state index contributed by atoms with van der Waals surface area (Å²) in [6.07, 6.45) is 22.1. The number of ether oxygens (including phenoxy) is 1. The third-order valence-corrected chi connectivity index (χ3v) is 1.90. The maximum Gasteiger partial charge on any atom is 0.335 e. The first-order valence-corrected chi connectivity index (χ1v) is 6.36. The molecule has 21 heavy (non-hydrogen) atoms. The number of carbonyl (C=O) groups excluding carboxylic acids is 1. The van der Waals surface area contributed by atoms with Gasteiger partial charge in [-0.3, -0.25) is 0 Å². The van der Waals surface area contributed by atoms with E-state index in [9.17, 15) is 4.79 Å². The molecule has 0 fully saturated rings. The first-order chi connectivity index (χ1) is 10.2. The number of carbonyl (C=O) groups is 1. The van der Waals surface area contributed by atoms with Gasteiger partial charge in [-0.1, -0.05) is 66.8 Å². The third-order valence-electron chi connectivity index (χ3n) is 1.90. The van der Waals surface area contributed by atoms with Gasteiger partial charge < -0.3 is 14.9 Å². The van der Waals surface area contributed by atoms with Gasteiger partial charge >= 0.3 is 5.97 Å². The molecule has 0 saturated heterocycles. The van der Waals surface area contributed by atoms with Gasteiger partial charge in [0.05, 0.1) is 0 Å². The summed E-state index contributed by atoms with van der Waals surface area (Å²) in [7, 11) is 0. The van der Waals surface area contributed by atoms with Gasteiger partial charge in [0.1, 0.15) is 12.9 Å². The number of esters is 1. The molecule has 0 aliphatic heterocycles. The molecule has 0 rings (SSSR count). The van der Waals surface area contributed by atoms with E-state index in [1.807, 2.05) is 55.5 Å². The van der Waals surface area contributed by atoms with E-state index in [4.69, 9.17) is 10.2 Å². The van der Waals surface area contributed by atoms with Gasteiger partial charge in [0.2, 0.25) is 0 Å². The molecule has 0 aromatic carbocycles. The fraction of sp³-hybridized carbons (Fsp3) is 0.118. The molecule has 112 valence electrons. The van der Waals surface area contributed by atoms with Gasteiger partial charge in [0.15, 0.2) is 5.76 Å². The van der Waals surface area contributed by atoms with Gasteiger partial charge in [-0.25, -0.2) is 4.79 Å². The van der Waals surface area contributed by atoms with E-state index in [-0.39, 0.29) is 0 Å². The van der Waals surface area contributed by atoms with Crippen LogP contribution in [0.3, 0.4) is 0 Å². The topological polar surface area (TPSA) is 66.8 Å². The molecule has 0 spiro atoms. The highest BCUT2D eigenvalue weighted by Gasteiger charge is 1.94. The number of hydrogen-bond donors (Lipinski definition) is 2. The number of aliphatic hydroxyl groups excluding tert-OH is 2. The summed E-state index contributed by atoms with van der Waals surface area (Å²) >= 11 is 0. The second kappa shape index (κ2) is 13.8. The van der Waals surface area contributed by atoms with Crippen LogP contribution in [0.4, 0.5) is 0 Å². The second-order valence-electron chi connectivity index (χ2n) is 3.63. The Balaban J connectivity index is 3.99. The lowest BCUT2D eigenvalue weighted by Gasteiger charge is -1.93. The highest BCUT2D eigenvalue weighted by molar-refractivity contribution is 5.82. The van der Waals surface area contributed by atoms with E-state index in [1.165, 1.54) is 12.2 Å². The monoisotopic (exact) mass is 288 g/mol. The van der Waals surface area contributed by atoms with Crippen molar-refractivity contribution in [3.63, 3.8) is 0 Å². The van der Waals surface area contributed by atoms with Gasteiger partial charge in [-0.2, -0.15) is 0 Å². The Morgan fingerprint density at radius 3 is 1.86 bits per heavy atom. The van der Waals surface area contributed by atoms with Crippen molar-refractivity contribution in [2.75, 3.05) is 6.61 Å². The van der Waals surface area contributed by atoms with Crippen LogP contribution in [0.2, 0.25) is 0 Å². The van der Waals surface area contributed by atoms with Crippen molar-refractivity contribution < 1.29 is 19.7 Å². The zero-order chi connectivity index (χ0) is 15.8. The summed E-state index contributed by atoms with van der Waals surface area (Å²) in [5, 5.41) is 17.3. The molecule has 0 amide bonds. The van der Waals surface area contributed by atoms with E-state index in [0.29, 0.717) is 0 Å². The quantitative estimate of drug-likeness (QED) is 0.311. The van der Waals surface area contributed by atoms with Crippen molar-refractivity contribution in [3.05, 3.63) is 84.9 Å². The zero-order valence-electron chi connectivity index (χ0n) is 11.9. The van der Waals surface area contributed by atoms with Crippen molar-refractivity contribution in [3.8, 4) is 0 Å². The largest absolute Gasteiger partial charge is 0.507 e. The van der Waals surface area contributed by atoms with Crippen LogP contribution in [0, 0.1) is 0 Å². The number of aliphatic hydroxyl groups is 2. The lowest BCUT2D eigenvalue weighted by Crippen LogP contribution is -1.96. The van der Waals surface area contributed by atoms with Crippen molar-refractivity contribution in [2.24, 2.45) is 0 Å². The maximum absolute atomic E-state index is 11.1. The van der Waals surface area contributed by atoms with E-state index >= 15 is 0 Å². The van der Waals surface area contributed by atoms with Crippen LogP contribution in [0.25, 0.3) is 0 Å². The summed E-state index contributed by atoms with van der Waals surface area (Å²) in [6, 6.07) is 0. The van der Waals surface area contributed by atoms with Crippen LogP contribution >= 0.6 is 0 Å². The fourth-order valence-electron chi connectivity index (χ4n) is 0.961. The van der Waals surface area contributed by atoms with Crippen molar-refractivity contribution in [1.29, 1.82) is 0 Å². The van der Waals surface area contributed by atoms with Crippen LogP contribution < -0.4 is 0 Å². The SMILES string of the molecule is CC=CC=CC=CC=CC=CC=CC(=O)OC=C(O)CO. The highest BCUT2D eigenvalue weighted by Crippen LogP contribution is 1.90. The molecule has 0 unspecified atom stereocenters. The lowest BCUT2D eigenvalue weighted by molar-refractivity contribution is -0.132. The molecule has 0 aliphatic rings. The molecule has 0 saturated carbocycles. The Morgan fingerprint density at radius 2 is 1.38 bits per heavy atom. The summed E-state index contributed by atoms with van der Waals surface area (Å²) in [4.78, 5) is 11.1. The van der Waals surface area contributed by atoms with Crippen LogP contribution in [0.15, 0.2) is 84.9 Å². The summed E-state index contributed by atoms with van der Waals surface area (Å²) in [6.45, 7) is 1.38. The number of rotatable bonds is 8. The molecule has 0 aromatic heterocycles. The summed E-state index contributed by atoms with van der Waals surface area (Å²) < 4.78 is 4.51. The lowest BCUT2D eigenvalue weighted by atomic mass is 10.3. The Hall–Kier alpha value is -2.59. The van der Waals surface area contributed by atoms with E-state index in [1.54, 1.807) is 12.2 Å². The Kier molecular flexibility index (Phi) is 12.1. The Morgan fingerprint density at radius 1 is 0.905 bits per heavy atom. The average Bonchev–Trinajstić information content (AvgIpc) is 2.50. The molecule has 0 radical (unpaired) electrons. The molecule has 4 heteroatoms. The van der Waals surface area contributed by atoms with Crippen molar-refractivity contribution in [2.45, 2.75) is 6.92 Å². The van der Waals surface area contributed by atoms with Crippen LogP contribution in [0.1, 0.15) is 6.92 Å². The summed E-state index contributed by atoms with van der Waals surface area (Å²) in [5.41, 5.74) is 0. The van der Waals surface area contributed by atoms with Gasteiger partial charge in [-0.05, 0) is 6.92 Å². The van der Waals surface area contributed by atoms with Gasteiger partial charge in [0, 0.05) is 6.08 Å². The standard InChI is InChI=1S/C17H20O4/c1-2-3-4-5-6-7-8-9-10-11-12-13-17(20)21-15-16(19)14-18/h2-13,15,18-19H,14H2,1H3. The van der Waals surface area contributed by atoms with E-state index < -0.39 is 18.3 Å². The average molecular weight is 288 g/mol. The molecule has 0 aliphatic carbocycles. The van der Waals surface area contributed by atoms with Crippen molar-refractivity contribution in [1.82, 2.24) is 0 Å². The molecule has 0 heterocycles. The summed E-state index contributed by atoms with van der Waals surface area (Å²) in [5.74, 6) is -1.05. The van der Waals surface area contributed by atoms with Crippen LogP contribution in [-0.4, -0.2) is 22.8 Å². The minimum atomic E-state index is -0.641. The first kappa shape index (κ1) is 18.4. The molecule has 2 N–H and O–H groups in total. The maximum atomic E-state index is 11.1. The van der Waals surface area contributed by atoms with Crippen LogP contribution in [-0.2, 0) is 9.53 Å². The molecular weight excluding hydrogens is 268 g/mol. The van der Waals surface area contributed by atoms with Crippen LogP contribution in [0.5, 0.6) is 0 Å². The smallest absolute Gasteiger partial charge is 0.335 e.